The summed E-state index contributed by atoms with van der Waals surface area (Å²) >= 11 is 1.76. The summed E-state index contributed by atoms with van der Waals surface area (Å²) < 4.78 is 0. The molecule has 0 amide bonds. The molecular weight excluding hydrogens is 154 g/mol. The Kier molecular flexibility index (Phi) is 3.13. The van der Waals surface area contributed by atoms with E-state index in [0.29, 0.717) is 6.42 Å². The molecule has 0 aromatic carbocycles. The summed E-state index contributed by atoms with van der Waals surface area (Å²) in [6, 6.07) is 6.33. The number of nitrogens with zero attached hydrogens (tertiary/aromatic N) is 1. The van der Waals surface area contributed by atoms with Gasteiger partial charge in [0.1, 0.15) is 0 Å². The second kappa shape index (κ2) is 4.15. The van der Waals surface area contributed by atoms with Crippen LogP contribution >= 0.6 is 11.3 Å². The molecule has 0 fully saturated rings. The first-order valence-electron chi connectivity index (χ1n) is 3.81. The molecule has 0 aliphatic rings. The lowest BCUT2D eigenvalue weighted by atomic mass is 10.3. The van der Waals surface area contributed by atoms with E-state index in [2.05, 4.69) is 25.1 Å². The van der Waals surface area contributed by atoms with Crippen LogP contribution < -0.4 is 0 Å². The van der Waals surface area contributed by atoms with Crippen LogP contribution in [0.2, 0.25) is 0 Å². The van der Waals surface area contributed by atoms with Gasteiger partial charge in [-0.25, -0.2) is 0 Å². The van der Waals surface area contributed by atoms with E-state index in [0.717, 1.165) is 6.42 Å². The van der Waals surface area contributed by atoms with Crippen molar-refractivity contribution in [1.29, 1.82) is 5.26 Å². The van der Waals surface area contributed by atoms with Gasteiger partial charge in [0.15, 0.2) is 0 Å². The van der Waals surface area contributed by atoms with Crippen molar-refractivity contribution in [3.8, 4) is 6.07 Å². The average molecular weight is 165 g/mol. The molecule has 0 aliphatic heterocycles. The maximum absolute atomic E-state index is 8.42. The Morgan fingerprint density at radius 3 is 2.82 bits per heavy atom. The lowest BCUT2D eigenvalue weighted by molar-refractivity contribution is 0.940. The summed E-state index contributed by atoms with van der Waals surface area (Å²) in [6.45, 7) is 2.17. The van der Waals surface area contributed by atoms with Gasteiger partial charge in [0.25, 0.3) is 0 Å². The van der Waals surface area contributed by atoms with Crippen LogP contribution in [0.5, 0.6) is 0 Å². The molecule has 1 aromatic rings. The van der Waals surface area contributed by atoms with E-state index in [4.69, 9.17) is 5.26 Å². The van der Waals surface area contributed by atoms with Gasteiger partial charge in [0.2, 0.25) is 0 Å². The van der Waals surface area contributed by atoms with Crippen molar-refractivity contribution >= 4 is 11.3 Å². The Hall–Kier alpha value is -0.810. The zero-order valence-electron chi connectivity index (χ0n) is 6.63. The summed E-state index contributed by atoms with van der Waals surface area (Å²) in [5.41, 5.74) is 0. The molecule has 0 bridgehead atoms. The maximum Gasteiger partial charge on any atom is 0.0695 e. The highest BCUT2D eigenvalue weighted by Crippen LogP contribution is 2.17. The smallest absolute Gasteiger partial charge is 0.0695 e. The lowest BCUT2D eigenvalue weighted by Crippen LogP contribution is -1.72. The predicted octanol–water partition coefficient (Wildman–Crippen LogP) is 2.77. The SMILES string of the molecule is CCCc1ccc(CC#N)s1. The topological polar surface area (TPSA) is 23.8 Å². The normalized spacial score (nSPS) is 9.45. The van der Waals surface area contributed by atoms with Crippen molar-refractivity contribution in [3.05, 3.63) is 21.9 Å². The van der Waals surface area contributed by atoms with Crippen molar-refractivity contribution in [2.75, 3.05) is 0 Å². The van der Waals surface area contributed by atoms with Gasteiger partial charge in [-0.2, -0.15) is 5.26 Å². The van der Waals surface area contributed by atoms with Gasteiger partial charge in [-0.05, 0) is 18.6 Å². The molecule has 58 valence electrons. The first-order valence-corrected chi connectivity index (χ1v) is 4.63. The van der Waals surface area contributed by atoms with Crippen LogP contribution in [0.15, 0.2) is 12.1 Å². The van der Waals surface area contributed by atoms with E-state index < -0.39 is 0 Å². The van der Waals surface area contributed by atoms with Gasteiger partial charge < -0.3 is 0 Å². The molecule has 0 unspecified atom stereocenters. The number of rotatable bonds is 3. The van der Waals surface area contributed by atoms with Crippen LogP contribution in [-0.2, 0) is 12.8 Å². The van der Waals surface area contributed by atoms with Crippen LogP contribution in [-0.4, -0.2) is 0 Å². The highest BCUT2D eigenvalue weighted by Gasteiger charge is 1.97. The van der Waals surface area contributed by atoms with Crippen molar-refractivity contribution in [3.63, 3.8) is 0 Å². The molecule has 11 heavy (non-hydrogen) atoms. The number of nitriles is 1. The van der Waals surface area contributed by atoms with Gasteiger partial charge in [0, 0.05) is 9.75 Å². The Bertz CT molecular complexity index is 257. The van der Waals surface area contributed by atoms with E-state index in [-0.39, 0.29) is 0 Å². The highest BCUT2D eigenvalue weighted by molar-refractivity contribution is 7.12. The number of hydrogen-bond acceptors (Lipinski definition) is 2. The largest absolute Gasteiger partial charge is 0.198 e. The van der Waals surface area contributed by atoms with E-state index in [9.17, 15) is 0 Å². The van der Waals surface area contributed by atoms with E-state index >= 15 is 0 Å². The predicted molar refractivity (Wildman–Crippen MR) is 47.6 cm³/mol. The highest BCUT2D eigenvalue weighted by atomic mass is 32.1. The van der Waals surface area contributed by atoms with Crippen molar-refractivity contribution in [1.82, 2.24) is 0 Å². The van der Waals surface area contributed by atoms with E-state index in [1.54, 1.807) is 11.3 Å². The van der Waals surface area contributed by atoms with Crippen molar-refractivity contribution in [2.24, 2.45) is 0 Å². The lowest BCUT2D eigenvalue weighted by Gasteiger charge is -1.87. The average Bonchev–Trinajstić information content (AvgIpc) is 2.38. The Labute approximate surface area is 71.3 Å². The van der Waals surface area contributed by atoms with Gasteiger partial charge in [-0.15, -0.1) is 11.3 Å². The molecule has 0 radical (unpaired) electrons. The fraction of sp³-hybridized carbons (Fsp3) is 0.444. The molecule has 1 heterocycles. The number of thiophene rings is 1. The molecule has 0 atom stereocenters. The van der Waals surface area contributed by atoms with Gasteiger partial charge in [0.05, 0.1) is 12.5 Å². The number of hydrogen-bond donors (Lipinski definition) is 0. The minimum absolute atomic E-state index is 0.564. The third kappa shape index (κ3) is 2.36. The summed E-state index contributed by atoms with van der Waals surface area (Å²) in [5.74, 6) is 0. The zero-order chi connectivity index (χ0) is 8.10. The van der Waals surface area contributed by atoms with Crippen LogP contribution in [0.1, 0.15) is 23.1 Å². The quantitative estimate of drug-likeness (QED) is 0.675. The first kappa shape index (κ1) is 8.29. The first-order chi connectivity index (χ1) is 5.36. The Balaban J connectivity index is 2.60. The van der Waals surface area contributed by atoms with Gasteiger partial charge >= 0.3 is 0 Å². The van der Waals surface area contributed by atoms with Crippen LogP contribution in [0, 0.1) is 11.3 Å². The van der Waals surface area contributed by atoms with Crippen LogP contribution in [0.3, 0.4) is 0 Å². The molecule has 0 saturated heterocycles. The molecule has 0 aliphatic carbocycles. The summed E-state index contributed by atoms with van der Waals surface area (Å²) in [4.78, 5) is 2.59. The Morgan fingerprint density at radius 2 is 2.18 bits per heavy atom. The van der Waals surface area contributed by atoms with Crippen molar-refractivity contribution < 1.29 is 0 Å². The minimum Gasteiger partial charge on any atom is -0.198 e. The second-order valence-corrected chi connectivity index (χ2v) is 3.71. The van der Waals surface area contributed by atoms with Gasteiger partial charge in [-0.1, -0.05) is 13.3 Å². The molecule has 0 N–H and O–H groups in total. The van der Waals surface area contributed by atoms with Crippen LogP contribution in [0.4, 0.5) is 0 Å². The minimum atomic E-state index is 0.564. The van der Waals surface area contributed by atoms with Gasteiger partial charge in [-0.3, -0.25) is 0 Å². The molecule has 2 heteroatoms. The Morgan fingerprint density at radius 1 is 1.45 bits per heavy atom. The fourth-order valence-corrected chi connectivity index (χ4v) is 2.03. The fourth-order valence-electron chi connectivity index (χ4n) is 0.976. The molecule has 0 spiro atoms. The maximum atomic E-state index is 8.42. The summed E-state index contributed by atoms with van der Waals surface area (Å²) in [6.07, 6.45) is 2.90. The standard InChI is InChI=1S/C9H11NS/c1-2-3-8-4-5-9(11-8)6-7-10/h4-5H,2-3,6H2,1H3. The molecular formula is C9H11NS. The van der Waals surface area contributed by atoms with E-state index in [1.807, 2.05) is 0 Å². The zero-order valence-corrected chi connectivity index (χ0v) is 7.45. The third-order valence-electron chi connectivity index (χ3n) is 1.47. The number of aryl methyl sites for hydroxylation is 1. The monoisotopic (exact) mass is 165 g/mol. The van der Waals surface area contributed by atoms with Crippen LogP contribution in [0.25, 0.3) is 0 Å². The third-order valence-corrected chi connectivity index (χ3v) is 2.61. The summed E-state index contributed by atoms with van der Waals surface area (Å²) in [5, 5.41) is 8.42. The summed E-state index contributed by atoms with van der Waals surface area (Å²) in [7, 11) is 0. The van der Waals surface area contributed by atoms with E-state index in [1.165, 1.54) is 16.2 Å². The van der Waals surface area contributed by atoms with Crippen molar-refractivity contribution in [2.45, 2.75) is 26.2 Å². The molecule has 1 aromatic heterocycles. The molecule has 1 rings (SSSR count). The molecule has 1 nitrogen and oxygen atoms in total. The second-order valence-electron chi connectivity index (χ2n) is 2.45. The molecule has 0 saturated carbocycles.